The summed E-state index contributed by atoms with van der Waals surface area (Å²) in [5.74, 6) is 2.56. The molecule has 3 rings (SSSR count). The van der Waals surface area contributed by atoms with E-state index in [4.69, 9.17) is 5.41 Å². The van der Waals surface area contributed by atoms with Gasteiger partial charge in [-0.15, -0.1) is 0 Å². The molecule has 2 heteroatoms. The third-order valence-corrected chi connectivity index (χ3v) is 4.52. The molecular formula is C13H22N2. The first-order chi connectivity index (χ1) is 7.36. The SMILES string of the molecule is N=C(C1CC1)N1CCCC2CCCCC21. The third kappa shape index (κ3) is 1.79. The monoisotopic (exact) mass is 206 g/mol. The summed E-state index contributed by atoms with van der Waals surface area (Å²) in [6, 6.07) is 0.751. The molecule has 1 saturated heterocycles. The second-order valence-corrected chi connectivity index (χ2v) is 5.61. The molecule has 2 aliphatic carbocycles. The highest BCUT2D eigenvalue weighted by Crippen LogP contribution is 2.39. The molecule has 3 aliphatic rings. The van der Waals surface area contributed by atoms with Gasteiger partial charge in [-0.2, -0.15) is 0 Å². The lowest BCUT2D eigenvalue weighted by atomic mass is 9.78. The highest BCUT2D eigenvalue weighted by Gasteiger charge is 2.38. The number of amidine groups is 1. The summed E-state index contributed by atoms with van der Waals surface area (Å²) in [6.07, 6.45) is 11.0. The number of hydrogen-bond acceptors (Lipinski definition) is 1. The van der Waals surface area contributed by atoms with Gasteiger partial charge in [0.05, 0.1) is 5.84 Å². The van der Waals surface area contributed by atoms with Crippen LogP contribution in [0.15, 0.2) is 0 Å². The van der Waals surface area contributed by atoms with E-state index in [9.17, 15) is 0 Å². The minimum atomic E-state index is 0.644. The lowest BCUT2D eigenvalue weighted by Crippen LogP contribution is -2.49. The van der Waals surface area contributed by atoms with Gasteiger partial charge in [0, 0.05) is 18.5 Å². The van der Waals surface area contributed by atoms with Crippen molar-refractivity contribution >= 4 is 5.84 Å². The summed E-state index contributed by atoms with van der Waals surface area (Å²) in [4.78, 5) is 2.48. The summed E-state index contributed by atoms with van der Waals surface area (Å²) >= 11 is 0. The second-order valence-electron chi connectivity index (χ2n) is 5.61. The van der Waals surface area contributed by atoms with E-state index in [0.29, 0.717) is 5.92 Å². The summed E-state index contributed by atoms with van der Waals surface area (Å²) in [7, 11) is 0. The first-order valence-corrected chi connectivity index (χ1v) is 6.71. The molecule has 0 aromatic carbocycles. The van der Waals surface area contributed by atoms with Gasteiger partial charge in [-0.05, 0) is 44.4 Å². The summed E-state index contributed by atoms with van der Waals surface area (Å²) in [5, 5.41) is 8.25. The first-order valence-electron chi connectivity index (χ1n) is 6.71. The quantitative estimate of drug-likeness (QED) is 0.518. The van der Waals surface area contributed by atoms with Crippen molar-refractivity contribution in [1.29, 1.82) is 5.41 Å². The molecule has 2 unspecified atom stereocenters. The molecule has 0 amide bonds. The van der Waals surface area contributed by atoms with Gasteiger partial charge >= 0.3 is 0 Å². The number of rotatable bonds is 1. The topological polar surface area (TPSA) is 27.1 Å². The molecule has 2 nitrogen and oxygen atoms in total. The summed E-state index contributed by atoms with van der Waals surface area (Å²) < 4.78 is 0. The molecule has 0 aromatic rings. The van der Waals surface area contributed by atoms with Gasteiger partial charge < -0.3 is 4.90 Å². The predicted molar refractivity (Wildman–Crippen MR) is 62.1 cm³/mol. The fourth-order valence-corrected chi connectivity index (χ4v) is 3.52. The lowest BCUT2D eigenvalue weighted by molar-refractivity contribution is 0.116. The highest BCUT2D eigenvalue weighted by atomic mass is 15.2. The Bertz CT molecular complexity index is 255. The van der Waals surface area contributed by atoms with Gasteiger partial charge in [-0.25, -0.2) is 0 Å². The van der Waals surface area contributed by atoms with Crippen molar-refractivity contribution in [3.8, 4) is 0 Å². The molecule has 0 spiro atoms. The van der Waals surface area contributed by atoms with Gasteiger partial charge in [0.1, 0.15) is 0 Å². The van der Waals surface area contributed by atoms with Crippen LogP contribution in [0.3, 0.4) is 0 Å². The Kier molecular flexibility index (Phi) is 2.45. The molecule has 1 heterocycles. The number of piperidine rings is 1. The van der Waals surface area contributed by atoms with E-state index in [1.807, 2.05) is 0 Å². The van der Waals surface area contributed by atoms with Gasteiger partial charge in [0.2, 0.25) is 0 Å². The zero-order valence-corrected chi connectivity index (χ0v) is 9.54. The molecule has 3 fully saturated rings. The normalized spacial score (nSPS) is 36.1. The largest absolute Gasteiger partial charge is 0.357 e. The van der Waals surface area contributed by atoms with Crippen LogP contribution in [0.5, 0.6) is 0 Å². The average molecular weight is 206 g/mol. The standard InChI is InChI=1S/C13H22N2/c14-13(11-7-8-11)15-9-3-5-10-4-1-2-6-12(10)15/h10-12,14H,1-9H2. The Morgan fingerprint density at radius 1 is 0.933 bits per heavy atom. The third-order valence-electron chi connectivity index (χ3n) is 4.52. The highest BCUT2D eigenvalue weighted by molar-refractivity contribution is 5.84. The molecule has 2 saturated carbocycles. The van der Waals surface area contributed by atoms with E-state index in [1.165, 1.54) is 57.9 Å². The van der Waals surface area contributed by atoms with Crippen LogP contribution in [0.1, 0.15) is 51.4 Å². The van der Waals surface area contributed by atoms with E-state index in [0.717, 1.165) is 17.8 Å². The number of likely N-dealkylation sites (tertiary alicyclic amines) is 1. The zero-order valence-electron chi connectivity index (χ0n) is 9.54. The molecule has 0 radical (unpaired) electrons. The maximum Gasteiger partial charge on any atom is 0.0992 e. The van der Waals surface area contributed by atoms with E-state index < -0.39 is 0 Å². The van der Waals surface area contributed by atoms with Crippen molar-refractivity contribution in [1.82, 2.24) is 4.90 Å². The van der Waals surface area contributed by atoms with Crippen molar-refractivity contribution in [2.24, 2.45) is 11.8 Å². The zero-order chi connectivity index (χ0) is 10.3. The number of hydrogen-bond donors (Lipinski definition) is 1. The van der Waals surface area contributed by atoms with Crippen LogP contribution in [0.25, 0.3) is 0 Å². The molecule has 1 N–H and O–H groups in total. The van der Waals surface area contributed by atoms with E-state index in [-0.39, 0.29) is 0 Å². The number of fused-ring (bicyclic) bond motifs is 1. The minimum absolute atomic E-state index is 0.644. The molecule has 84 valence electrons. The first kappa shape index (κ1) is 9.68. The fraction of sp³-hybridized carbons (Fsp3) is 0.923. The summed E-state index contributed by atoms with van der Waals surface area (Å²) in [5.41, 5.74) is 0. The van der Waals surface area contributed by atoms with Gasteiger partial charge in [0.15, 0.2) is 0 Å². The average Bonchev–Trinajstić information content (AvgIpc) is 3.11. The van der Waals surface area contributed by atoms with Crippen LogP contribution in [0.2, 0.25) is 0 Å². The smallest absolute Gasteiger partial charge is 0.0992 e. The predicted octanol–water partition coefficient (Wildman–Crippen LogP) is 3.03. The Labute approximate surface area is 92.5 Å². The van der Waals surface area contributed by atoms with E-state index in [1.54, 1.807) is 0 Å². The van der Waals surface area contributed by atoms with Crippen molar-refractivity contribution in [2.75, 3.05) is 6.54 Å². The molecule has 0 aromatic heterocycles. The van der Waals surface area contributed by atoms with Gasteiger partial charge in [-0.1, -0.05) is 12.8 Å². The lowest BCUT2D eigenvalue weighted by Gasteiger charge is -2.45. The molecule has 15 heavy (non-hydrogen) atoms. The molecule has 1 aliphatic heterocycles. The molecule has 0 bridgehead atoms. The summed E-state index contributed by atoms with van der Waals surface area (Å²) in [6.45, 7) is 1.18. The van der Waals surface area contributed by atoms with Crippen LogP contribution in [0, 0.1) is 17.2 Å². The number of nitrogens with one attached hydrogen (secondary N) is 1. The van der Waals surface area contributed by atoms with Crippen LogP contribution in [-0.2, 0) is 0 Å². The van der Waals surface area contributed by atoms with Crippen LogP contribution in [0.4, 0.5) is 0 Å². The Morgan fingerprint density at radius 3 is 2.47 bits per heavy atom. The van der Waals surface area contributed by atoms with Crippen molar-refractivity contribution in [3.63, 3.8) is 0 Å². The Balaban J connectivity index is 1.72. The van der Waals surface area contributed by atoms with Crippen LogP contribution >= 0.6 is 0 Å². The Hall–Kier alpha value is -0.530. The van der Waals surface area contributed by atoms with Gasteiger partial charge in [-0.3, -0.25) is 5.41 Å². The number of nitrogens with zero attached hydrogens (tertiary/aromatic N) is 1. The second kappa shape index (κ2) is 3.80. The van der Waals surface area contributed by atoms with E-state index in [2.05, 4.69) is 4.90 Å². The maximum atomic E-state index is 8.25. The van der Waals surface area contributed by atoms with Crippen LogP contribution < -0.4 is 0 Å². The minimum Gasteiger partial charge on any atom is -0.357 e. The molecule has 2 atom stereocenters. The fourth-order valence-electron chi connectivity index (χ4n) is 3.52. The van der Waals surface area contributed by atoms with Crippen molar-refractivity contribution in [2.45, 2.75) is 57.4 Å². The Morgan fingerprint density at radius 2 is 1.67 bits per heavy atom. The van der Waals surface area contributed by atoms with Crippen molar-refractivity contribution < 1.29 is 0 Å². The van der Waals surface area contributed by atoms with Crippen molar-refractivity contribution in [3.05, 3.63) is 0 Å². The molecular weight excluding hydrogens is 184 g/mol. The van der Waals surface area contributed by atoms with Crippen LogP contribution in [-0.4, -0.2) is 23.3 Å². The maximum absolute atomic E-state index is 8.25. The van der Waals surface area contributed by atoms with Gasteiger partial charge in [0.25, 0.3) is 0 Å². The van der Waals surface area contributed by atoms with E-state index >= 15 is 0 Å².